The monoisotopic (exact) mass is 217 g/mol. The standard InChI is InChI=1S/C9H9ClFNO2/c10-3-6-1-2-12-9(8(6)11)14-7-4-13-5-7/h1-2,7H,3-5H2. The average molecular weight is 218 g/mol. The Morgan fingerprint density at radius 2 is 2.43 bits per heavy atom. The predicted molar refractivity (Wildman–Crippen MR) is 49.0 cm³/mol. The van der Waals surface area contributed by atoms with Crippen molar-refractivity contribution in [1.82, 2.24) is 4.98 Å². The molecule has 2 rings (SSSR count). The molecule has 0 spiro atoms. The second-order valence-electron chi connectivity index (χ2n) is 3.00. The fourth-order valence-electron chi connectivity index (χ4n) is 1.09. The number of alkyl halides is 1. The Hall–Kier alpha value is -0.870. The first-order valence-corrected chi connectivity index (χ1v) is 4.78. The van der Waals surface area contributed by atoms with Crippen LogP contribution in [0.1, 0.15) is 5.56 Å². The molecule has 76 valence electrons. The highest BCUT2D eigenvalue weighted by Gasteiger charge is 2.22. The molecule has 1 saturated heterocycles. The van der Waals surface area contributed by atoms with E-state index in [4.69, 9.17) is 21.1 Å². The van der Waals surface area contributed by atoms with Gasteiger partial charge in [0, 0.05) is 11.8 Å². The summed E-state index contributed by atoms with van der Waals surface area (Å²) in [6.07, 6.45) is 1.40. The Balaban J connectivity index is 2.15. The van der Waals surface area contributed by atoms with Gasteiger partial charge in [-0.1, -0.05) is 0 Å². The lowest BCUT2D eigenvalue weighted by Gasteiger charge is -2.26. The molecule has 0 amide bonds. The summed E-state index contributed by atoms with van der Waals surface area (Å²) >= 11 is 5.54. The van der Waals surface area contributed by atoms with Crippen LogP contribution in [0, 0.1) is 5.82 Å². The third kappa shape index (κ3) is 1.81. The second-order valence-corrected chi connectivity index (χ2v) is 3.27. The Bertz CT molecular complexity index is 331. The topological polar surface area (TPSA) is 31.4 Å². The van der Waals surface area contributed by atoms with Crippen LogP contribution in [-0.2, 0) is 10.6 Å². The lowest BCUT2D eigenvalue weighted by atomic mass is 10.3. The molecular weight excluding hydrogens is 209 g/mol. The lowest BCUT2D eigenvalue weighted by molar-refractivity contribution is -0.0826. The minimum atomic E-state index is -0.477. The van der Waals surface area contributed by atoms with Gasteiger partial charge in [0.15, 0.2) is 5.82 Å². The Kier molecular flexibility index (Phi) is 2.84. The summed E-state index contributed by atoms with van der Waals surface area (Å²) in [6, 6.07) is 1.53. The smallest absolute Gasteiger partial charge is 0.251 e. The van der Waals surface area contributed by atoms with E-state index in [0.29, 0.717) is 18.8 Å². The van der Waals surface area contributed by atoms with E-state index in [1.165, 1.54) is 12.3 Å². The molecule has 1 aromatic rings. The number of aromatic nitrogens is 1. The summed E-state index contributed by atoms with van der Waals surface area (Å²) in [5, 5.41) is 0. The van der Waals surface area contributed by atoms with E-state index in [-0.39, 0.29) is 17.9 Å². The minimum Gasteiger partial charge on any atom is -0.467 e. The van der Waals surface area contributed by atoms with Crippen LogP contribution in [0.25, 0.3) is 0 Å². The third-order valence-electron chi connectivity index (χ3n) is 1.97. The van der Waals surface area contributed by atoms with Crippen LogP contribution in [0.15, 0.2) is 12.3 Å². The van der Waals surface area contributed by atoms with Crippen LogP contribution in [-0.4, -0.2) is 24.3 Å². The molecule has 0 bridgehead atoms. The van der Waals surface area contributed by atoms with Gasteiger partial charge in [-0.3, -0.25) is 0 Å². The van der Waals surface area contributed by atoms with E-state index >= 15 is 0 Å². The molecule has 14 heavy (non-hydrogen) atoms. The van der Waals surface area contributed by atoms with Crippen molar-refractivity contribution in [2.75, 3.05) is 13.2 Å². The first-order valence-electron chi connectivity index (χ1n) is 4.25. The highest BCUT2D eigenvalue weighted by atomic mass is 35.5. The van der Waals surface area contributed by atoms with E-state index in [1.807, 2.05) is 0 Å². The van der Waals surface area contributed by atoms with E-state index in [9.17, 15) is 4.39 Å². The van der Waals surface area contributed by atoms with Gasteiger partial charge < -0.3 is 9.47 Å². The number of nitrogens with zero attached hydrogens (tertiary/aromatic N) is 1. The van der Waals surface area contributed by atoms with Gasteiger partial charge in [-0.15, -0.1) is 11.6 Å². The molecule has 5 heteroatoms. The predicted octanol–water partition coefficient (Wildman–Crippen LogP) is 1.74. The van der Waals surface area contributed by atoms with Crippen LogP contribution in [0.4, 0.5) is 4.39 Å². The molecule has 0 saturated carbocycles. The summed E-state index contributed by atoms with van der Waals surface area (Å²) in [6.45, 7) is 0.985. The van der Waals surface area contributed by atoms with E-state index in [2.05, 4.69) is 4.98 Å². The minimum absolute atomic E-state index is 0.0106. The molecule has 1 aliphatic rings. The first kappa shape index (κ1) is 9.68. The Labute approximate surface area is 85.8 Å². The van der Waals surface area contributed by atoms with Gasteiger partial charge in [0.2, 0.25) is 0 Å². The summed E-state index contributed by atoms with van der Waals surface area (Å²) in [7, 11) is 0. The van der Waals surface area contributed by atoms with Gasteiger partial charge in [0.25, 0.3) is 5.88 Å². The van der Waals surface area contributed by atoms with Crippen LogP contribution < -0.4 is 4.74 Å². The fourth-order valence-corrected chi connectivity index (χ4v) is 1.29. The SMILES string of the molecule is Fc1c(CCl)ccnc1OC1COC1. The number of ether oxygens (including phenoxy) is 2. The van der Waals surface area contributed by atoms with Crippen LogP contribution in [0.2, 0.25) is 0 Å². The van der Waals surface area contributed by atoms with Gasteiger partial charge in [-0.2, -0.15) is 0 Å². The highest BCUT2D eigenvalue weighted by molar-refractivity contribution is 6.17. The van der Waals surface area contributed by atoms with Crippen LogP contribution >= 0.6 is 11.6 Å². The van der Waals surface area contributed by atoms with E-state index in [0.717, 1.165) is 0 Å². The summed E-state index contributed by atoms with van der Waals surface area (Å²) in [5.74, 6) is -0.350. The molecule has 0 radical (unpaired) electrons. The number of hydrogen-bond acceptors (Lipinski definition) is 3. The van der Waals surface area contributed by atoms with E-state index in [1.54, 1.807) is 0 Å². The second kappa shape index (κ2) is 4.11. The molecule has 1 fully saturated rings. The Morgan fingerprint density at radius 3 is 3.00 bits per heavy atom. The molecule has 0 N–H and O–H groups in total. The maximum absolute atomic E-state index is 13.5. The van der Waals surface area contributed by atoms with Crippen molar-refractivity contribution in [2.45, 2.75) is 12.0 Å². The van der Waals surface area contributed by atoms with Crippen molar-refractivity contribution in [1.29, 1.82) is 0 Å². The summed E-state index contributed by atoms with van der Waals surface area (Å²) in [4.78, 5) is 3.80. The van der Waals surface area contributed by atoms with Gasteiger partial charge in [0.05, 0.1) is 19.1 Å². The molecule has 1 aromatic heterocycles. The van der Waals surface area contributed by atoms with Gasteiger partial charge in [0.1, 0.15) is 6.10 Å². The van der Waals surface area contributed by atoms with Crippen molar-refractivity contribution in [2.24, 2.45) is 0 Å². The van der Waals surface area contributed by atoms with Gasteiger partial charge in [-0.05, 0) is 6.07 Å². The zero-order valence-electron chi connectivity index (χ0n) is 7.37. The first-order chi connectivity index (χ1) is 6.81. The van der Waals surface area contributed by atoms with Crippen molar-refractivity contribution in [3.63, 3.8) is 0 Å². The van der Waals surface area contributed by atoms with E-state index < -0.39 is 5.82 Å². The van der Waals surface area contributed by atoms with Crippen molar-refractivity contribution in [3.05, 3.63) is 23.6 Å². The quantitative estimate of drug-likeness (QED) is 0.723. The molecule has 3 nitrogen and oxygen atoms in total. The molecule has 0 atom stereocenters. The Morgan fingerprint density at radius 1 is 1.64 bits per heavy atom. The average Bonchev–Trinajstić information content (AvgIpc) is 2.13. The third-order valence-corrected chi connectivity index (χ3v) is 2.25. The zero-order chi connectivity index (χ0) is 9.97. The van der Waals surface area contributed by atoms with Crippen LogP contribution in [0.5, 0.6) is 5.88 Å². The summed E-state index contributed by atoms with van der Waals surface area (Å²) < 4.78 is 23.6. The van der Waals surface area contributed by atoms with Gasteiger partial charge >= 0.3 is 0 Å². The maximum atomic E-state index is 13.5. The molecule has 0 unspecified atom stereocenters. The number of hydrogen-bond donors (Lipinski definition) is 0. The normalized spacial score (nSPS) is 16.4. The maximum Gasteiger partial charge on any atom is 0.251 e. The molecule has 0 aliphatic carbocycles. The molecular formula is C9H9ClFNO2. The largest absolute Gasteiger partial charge is 0.467 e. The van der Waals surface area contributed by atoms with Crippen molar-refractivity contribution >= 4 is 11.6 Å². The number of pyridine rings is 1. The summed E-state index contributed by atoms with van der Waals surface area (Å²) in [5.41, 5.74) is 0.400. The lowest BCUT2D eigenvalue weighted by Crippen LogP contribution is -2.39. The highest BCUT2D eigenvalue weighted by Crippen LogP contribution is 2.21. The fraction of sp³-hybridized carbons (Fsp3) is 0.444. The number of rotatable bonds is 3. The molecule has 0 aromatic carbocycles. The number of halogens is 2. The zero-order valence-corrected chi connectivity index (χ0v) is 8.13. The van der Waals surface area contributed by atoms with Crippen molar-refractivity contribution < 1.29 is 13.9 Å². The van der Waals surface area contributed by atoms with Crippen LogP contribution in [0.3, 0.4) is 0 Å². The molecule has 2 heterocycles. The van der Waals surface area contributed by atoms with Crippen molar-refractivity contribution in [3.8, 4) is 5.88 Å². The van der Waals surface area contributed by atoms with Gasteiger partial charge in [-0.25, -0.2) is 9.37 Å². The molecule has 1 aliphatic heterocycles.